The number of piperazine rings is 1. The highest BCUT2D eigenvalue weighted by Gasteiger charge is 2.22. The molecule has 0 atom stereocenters. The van der Waals surface area contributed by atoms with Gasteiger partial charge >= 0.3 is 6.03 Å². The molecule has 2 aliphatic heterocycles. The Morgan fingerprint density at radius 3 is 2.00 bits per heavy atom. The Morgan fingerprint density at radius 1 is 0.793 bits per heavy atom. The van der Waals surface area contributed by atoms with Crippen molar-refractivity contribution in [2.45, 2.75) is 19.3 Å². The van der Waals surface area contributed by atoms with Crippen LogP contribution in [-0.4, -0.2) is 50.2 Å². The number of carbonyl (C=O) groups excluding carboxylic acids is 1. The second-order valence-corrected chi connectivity index (χ2v) is 7.63. The lowest BCUT2D eigenvalue weighted by molar-refractivity contribution is 0.208. The monoisotopic (exact) mass is 389 g/mol. The van der Waals surface area contributed by atoms with Crippen LogP contribution in [-0.2, 0) is 0 Å². The van der Waals surface area contributed by atoms with Gasteiger partial charge in [0.25, 0.3) is 0 Å². The van der Waals surface area contributed by atoms with Gasteiger partial charge in [0.15, 0.2) is 0 Å². The maximum Gasteiger partial charge on any atom is 0.322 e. The standard InChI is InChI=1S/C23H27N5O/c24-18-19-6-2-3-7-22(19)25-23(29)28-16-14-27(15-17-28)21-10-8-20(9-11-21)26-12-4-1-5-13-26/h2-3,6-11H,1,4-5,12-17H2,(H,25,29). The molecule has 2 saturated heterocycles. The first-order valence-corrected chi connectivity index (χ1v) is 10.4. The minimum Gasteiger partial charge on any atom is -0.372 e. The number of para-hydroxylation sites is 1. The van der Waals surface area contributed by atoms with Crippen LogP contribution >= 0.6 is 0 Å². The van der Waals surface area contributed by atoms with E-state index in [4.69, 9.17) is 0 Å². The summed E-state index contributed by atoms with van der Waals surface area (Å²) in [6.45, 7) is 5.24. The van der Waals surface area contributed by atoms with Crippen LogP contribution < -0.4 is 15.1 Å². The average Bonchev–Trinajstić information content (AvgIpc) is 2.80. The minimum absolute atomic E-state index is 0.146. The molecule has 0 aromatic heterocycles. The van der Waals surface area contributed by atoms with E-state index in [1.807, 2.05) is 11.0 Å². The lowest BCUT2D eigenvalue weighted by atomic mass is 10.1. The normalized spacial score (nSPS) is 17.0. The van der Waals surface area contributed by atoms with Crippen LogP contribution in [0.5, 0.6) is 0 Å². The maximum atomic E-state index is 12.6. The van der Waals surface area contributed by atoms with Gasteiger partial charge in [0.05, 0.1) is 11.3 Å². The summed E-state index contributed by atoms with van der Waals surface area (Å²) < 4.78 is 0. The third-order valence-corrected chi connectivity index (χ3v) is 5.79. The second-order valence-electron chi connectivity index (χ2n) is 7.63. The van der Waals surface area contributed by atoms with E-state index >= 15 is 0 Å². The summed E-state index contributed by atoms with van der Waals surface area (Å²) in [6, 6.07) is 17.9. The van der Waals surface area contributed by atoms with Crippen LogP contribution in [0.2, 0.25) is 0 Å². The maximum absolute atomic E-state index is 12.6. The zero-order chi connectivity index (χ0) is 20.1. The molecule has 2 heterocycles. The van der Waals surface area contributed by atoms with Crippen molar-refractivity contribution in [1.29, 1.82) is 5.26 Å². The van der Waals surface area contributed by atoms with E-state index in [1.165, 1.54) is 30.6 Å². The van der Waals surface area contributed by atoms with Crippen LogP contribution in [0.25, 0.3) is 0 Å². The molecule has 2 aromatic rings. The second kappa shape index (κ2) is 8.87. The highest BCUT2D eigenvalue weighted by atomic mass is 16.2. The predicted octanol–water partition coefficient (Wildman–Crippen LogP) is 3.90. The molecule has 2 aliphatic rings. The van der Waals surface area contributed by atoms with E-state index in [0.29, 0.717) is 24.3 Å². The number of rotatable bonds is 3. The summed E-state index contributed by atoms with van der Waals surface area (Å²) in [5, 5.41) is 12.1. The molecular weight excluding hydrogens is 362 g/mol. The Morgan fingerprint density at radius 2 is 1.38 bits per heavy atom. The number of benzene rings is 2. The number of nitrogens with one attached hydrogen (secondary N) is 1. The van der Waals surface area contributed by atoms with E-state index in [0.717, 1.165) is 26.2 Å². The fourth-order valence-electron chi connectivity index (χ4n) is 4.08. The average molecular weight is 390 g/mol. The Bertz CT molecular complexity index is 875. The molecule has 150 valence electrons. The topological polar surface area (TPSA) is 62.6 Å². The number of piperidine rings is 1. The molecule has 0 bridgehead atoms. The first-order chi connectivity index (χ1) is 14.2. The first-order valence-electron chi connectivity index (χ1n) is 10.4. The number of nitrogens with zero attached hydrogens (tertiary/aromatic N) is 4. The number of carbonyl (C=O) groups is 1. The molecular formula is C23H27N5O. The number of amides is 2. The number of nitriles is 1. The molecule has 2 fully saturated rings. The van der Waals surface area contributed by atoms with Gasteiger partial charge in [0.2, 0.25) is 0 Å². The van der Waals surface area contributed by atoms with Crippen LogP contribution in [0.15, 0.2) is 48.5 Å². The quantitative estimate of drug-likeness (QED) is 0.865. The fraction of sp³-hybridized carbons (Fsp3) is 0.391. The van der Waals surface area contributed by atoms with Crippen molar-refractivity contribution < 1.29 is 4.79 Å². The summed E-state index contributed by atoms with van der Waals surface area (Å²) in [7, 11) is 0. The summed E-state index contributed by atoms with van der Waals surface area (Å²) in [5.74, 6) is 0. The molecule has 1 N–H and O–H groups in total. The van der Waals surface area contributed by atoms with Crippen molar-refractivity contribution in [1.82, 2.24) is 4.90 Å². The van der Waals surface area contributed by atoms with Gasteiger partial charge in [-0.2, -0.15) is 5.26 Å². The van der Waals surface area contributed by atoms with E-state index < -0.39 is 0 Å². The van der Waals surface area contributed by atoms with E-state index in [9.17, 15) is 10.1 Å². The minimum atomic E-state index is -0.146. The van der Waals surface area contributed by atoms with E-state index in [2.05, 4.69) is 45.5 Å². The zero-order valence-corrected chi connectivity index (χ0v) is 16.7. The highest BCUT2D eigenvalue weighted by molar-refractivity contribution is 5.91. The third kappa shape index (κ3) is 4.45. The molecule has 0 aliphatic carbocycles. The molecule has 0 radical (unpaired) electrons. The van der Waals surface area contributed by atoms with Crippen molar-refractivity contribution >= 4 is 23.1 Å². The Balaban J connectivity index is 1.32. The number of hydrogen-bond acceptors (Lipinski definition) is 4. The van der Waals surface area contributed by atoms with E-state index in [1.54, 1.807) is 18.2 Å². The lowest BCUT2D eigenvalue weighted by Crippen LogP contribution is -2.50. The first kappa shape index (κ1) is 19.1. The largest absolute Gasteiger partial charge is 0.372 e. The smallest absolute Gasteiger partial charge is 0.322 e. The lowest BCUT2D eigenvalue weighted by Gasteiger charge is -2.36. The van der Waals surface area contributed by atoms with Crippen molar-refractivity contribution in [3.8, 4) is 6.07 Å². The van der Waals surface area contributed by atoms with Crippen LogP contribution in [0.1, 0.15) is 24.8 Å². The molecule has 29 heavy (non-hydrogen) atoms. The molecule has 2 aromatic carbocycles. The molecule has 0 unspecified atom stereocenters. The number of anilines is 3. The predicted molar refractivity (Wildman–Crippen MR) is 116 cm³/mol. The Hall–Kier alpha value is -3.20. The van der Waals surface area contributed by atoms with Crippen molar-refractivity contribution in [2.75, 3.05) is 54.4 Å². The van der Waals surface area contributed by atoms with Crippen molar-refractivity contribution in [3.05, 3.63) is 54.1 Å². The number of urea groups is 1. The van der Waals surface area contributed by atoms with Gasteiger partial charge < -0.3 is 20.0 Å². The fourth-order valence-corrected chi connectivity index (χ4v) is 4.08. The van der Waals surface area contributed by atoms with Crippen LogP contribution in [0.3, 0.4) is 0 Å². The van der Waals surface area contributed by atoms with Gasteiger partial charge in [0.1, 0.15) is 6.07 Å². The van der Waals surface area contributed by atoms with Crippen LogP contribution in [0, 0.1) is 11.3 Å². The molecule has 2 amide bonds. The molecule has 0 spiro atoms. The molecule has 6 nitrogen and oxygen atoms in total. The van der Waals surface area contributed by atoms with Crippen molar-refractivity contribution in [3.63, 3.8) is 0 Å². The van der Waals surface area contributed by atoms with Gasteiger partial charge in [-0.3, -0.25) is 0 Å². The third-order valence-electron chi connectivity index (χ3n) is 5.79. The highest BCUT2D eigenvalue weighted by Crippen LogP contribution is 2.24. The Kier molecular flexibility index (Phi) is 5.85. The summed E-state index contributed by atoms with van der Waals surface area (Å²) in [6.07, 6.45) is 3.91. The molecule has 4 rings (SSSR count). The van der Waals surface area contributed by atoms with E-state index in [-0.39, 0.29) is 6.03 Å². The summed E-state index contributed by atoms with van der Waals surface area (Å²) in [5.41, 5.74) is 3.56. The van der Waals surface area contributed by atoms with Gasteiger partial charge in [-0.1, -0.05) is 12.1 Å². The van der Waals surface area contributed by atoms with Gasteiger partial charge in [0, 0.05) is 50.6 Å². The number of hydrogen-bond donors (Lipinski definition) is 1. The summed E-state index contributed by atoms with van der Waals surface area (Å²) >= 11 is 0. The molecule has 6 heteroatoms. The zero-order valence-electron chi connectivity index (χ0n) is 16.7. The SMILES string of the molecule is N#Cc1ccccc1NC(=O)N1CCN(c2ccc(N3CCCCC3)cc2)CC1. The van der Waals surface area contributed by atoms with Crippen LogP contribution in [0.4, 0.5) is 21.9 Å². The van der Waals surface area contributed by atoms with Gasteiger partial charge in [-0.05, 0) is 55.7 Å². The van der Waals surface area contributed by atoms with Gasteiger partial charge in [-0.15, -0.1) is 0 Å². The van der Waals surface area contributed by atoms with Crippen molar-refractivity contribution in [2.24, 2.45) is 0 Å². The molecule has 0 saturated carbocycles. The Labute approximate surface area is 172 Å². The van der Waals surface area contributed by atoms with Gasteiger partial charge in [-0.25, -0.2) is 4.79 Å². The summed E-state index contributed by atoms with van der Waals surface area (Å²) in [4.78, 5) is 19.2.